The summed E-state index contributed by atoms with van der Waals surface area (Å²) in [6.07, 6.45) is 4.06. The van der Waals surface area contributed by atoms with Crippen LogP contribution in [0.5, 0.6) is 5.75 Å². The normalized spacial score (nSPS) is 15.3. The molecular weight excluding hydrogens is 352 g/mol. The van der Waals surface area contributed by atoms with Crippen molar-refractivity contribution < 1.29 is 9.47 Å². The van der Waals surface area contributed by atoms with Crippen LogP contribution in [0.4, 0.5) is 0 Å². The number of rotatable bonds is 11. The van der Waals surface area contributed by atoms with Gasteiger partial charge in [-0.2, -0.15) is 0 Å². The molecular formula is C22H36N4O2. The second-order valence-electron chi connectivity index (χ2n) is 6.97. The maximum Gasteiger partial charge on any atom is 0.193 e. The van der Waals surface area contributed by atoms with Crippen LogP contribution in [0.2, 0.25) is 0 Å². The number of hydrogen-bond donors (Lipinski definition) is 1. The molecule has 0 bridgehead atoms. The molecule has 0 spiro atoms. The zero-order valence-electron chi connectivity index (χ0n) is 17.5. The van der Waals surface area contributed by atoms with E-state index in [1.54, 1.807) is 0 Å². The van der Waals surface area contributed by atoms with E-state index in [0.717, 1.165) is 76.1 Å². The molecule has 1 heterocycles. The molecule has 0 amide bonds. The maximum atomic E-state index is 5.95. The Morgan fingerprint density at radius 1 is 1.39 bits per heavy atom. The molecule has 0 atom stereocenters. The molecule has 1 aromatic rings. The summed E-state index contributed by atoms with van der Waals surface area (Å²) in [5.74, 6) is 1.84. The van der Waals surface area contributed by atoms with E-state index in [9.17, 15) is 0 Å². The quantitative estimate of drug-likeness (QED) is 0.273. The van der Waals surface area contributed by atoms with Crippen LogP contribution in [0.25, 0.3) is 0 Å². The molecule has 156 valence electrons. The summed E-state index contributed by atoms with van der Waals surface area (Å²) in [5, 5.41) is 3.37. The average molecular weight is 389 g/mol. The third-order valence-corrected chi connectivity index (χ3v) is 4.69. The fourth-order valence-electron chi connectivity index (χ4n) is 3.07. The second-order valence-corrected chi connectivity index (χ2v) is 6.97. The first-order chi connectivity index (χ1) is 13.7. The lowest BCUT2D eigenvalue weighted by molar-refractivity contribution is 0.0322. The van der Waals surface area contributed by atoms with Crippen molar-refractivity contribution >= 4 is 5.96 Å². The Balaban J connectivity index is 1.84. The summed E-state index contributed by atoms with van der Waals surface area (Å²) >= 11 is 0. The average Bonchev–Trinajstić information content (AvgIpc) is 2.72. The van der Waals surface area contributed by atoms with Gasteiger partial charge in [-0.25, -0.2) is 4.99 Å². The minimum absolute atomic E-state index is 0.634. The number of ether oxygens (including phenoxy) is 2. The fraction of sp³-hybridized carbons (Fsp3) is 0.591. The highest BCUT2D eigenvalue weighted by Gasteiger charge is 2.10. The Morgan fingerprint density at radius 3 is 2.96 bits per heavy atom. The second kappa shape index (κ2) is 13.2. The van der Waals surface area contributed by atoms with Crippen molar-refractivity contribution in [3.8, 4) is 5.75 Å². The Morgan fingerprint density at radius 2 is 2.21 bits per heavy atom. The highest BCUT2D eigenvalue weighted by molar-refractivity contribution is 5.79. The number of benzene rings is 1. The molecule has 6 nitrogen and oxygen atoms in total. The van der Waals surface area contributed by atoms with Gasteiger partial charge in [-0.3, -0.25) is 4.90 Å². The monoisotopic (exact) mass is 388 g/mol. The topological polar surface area (TPSA) is 49.3 Å². The van der Waals surface area contributed by atoms with Crippen molar-refractivity contribution in [2.24, 2.45) is 4.99 Å². The molecule has 0 unspecified atom stereocenters. The van der Waals surface area contributed by atoms with E-state index in [-0.39, 0.29) is 0 Å². The van der Waals surface area contributed by atoms with Crippen LogP contribution in [-0.2, 0) is 11.3 Å². The lowest BCUT2D eigenvalue weighted by Gasteiger charge is -2.26. The number of hydrogen-bond acceptors (Lipinski definition) is 4. The molecule has 0 saturated carbocycles. The van der Waals surface area contributed by atoms with E-state index in [0.29, 0.717) is 13.2 Å². The van der Waals surface area contributed by atoms with Crippen molar-refractivity contribution in [2.45, 2.75) is 26.3 Å². The van der Waals surface area contributed by atoms with Gasteiger partial charge in [0.2, 0.25) is 0 Å². The summed E-state index contributed by atoms with van der Waals surface area (Å²) < 4.78 is 11.3. The predicted octanol–water partition coefficient (Wildman–Crippen LogP) is 2.76. The molecule has 2 rings (SSSR count). The van der Waals surface area contributed by atoms with Crippen LogP contribution >= 0.6 is 0 Å². The van der Waals surface area contributed by atoms with Gasteiger partial charge in [-0.05, 0) is 37.5 Å². The van der Waals surface area contributed by atoms with Crippen molar-refractivity contribution in [3.63, 3.8) is 0 Å². The highest BCUT2D eigenvalue weighted by atomic mass is 16.5. The Bertz CT molecular complexity index is 600. The summed E-state index contributed by atoms with van der Waals surface area (Å²) in [4.78, 5) is 9.34. The predicted molar refractivity (Wildman–Crippen MR) is 116 cm³/mol. The molecule has 1 aliphatic rings. The molecule has 6 heteroatoms. The van der Waals surface area contributed by atoms with E-state index in [1.165, 1.54) is 0 Å². The lowest BCUT2D eigenvalue weighted by atomic mass is 10.2. The summed E-state index contributed by atoms with van der Waals surface area (Å²) in [6.45, 7) is 13.6. The number of nitrogens with zero attached hydrogens (tertiary/aromatic N) is 3. The molecule has 1 fully saturated rings. The highest BCUT2D eigenvalue weighted by Crippen LogP contribution is 2.14. The third kappa shape index (κ3) is 8.31. The lowest BCUT2D eigenvalue weighted by Crippen LogP contribution is -2.39. The van der Waals surface area contributed by atoms with E-state index in [1.807, 2.05) is 18.2 Å². The number of allylic oxidation sites excluding steroid dienone is 1. The van der Waals surface area contributed by atoms with Crippen molar-refractivity contribution in [1.29, 1.82) is 0 Å². The molecule has 28 heavy (non-hydrogen) atoms. The van der Waals surface area contributed by atoms with Crippen molar-refractivity contribution in [2.75, 3.05) is 59.6 Å². The number of morpholine rings is 1. The first kappa shape index (κ1) is 22.2. The molecule has 0 radical (unpaired) electrons. The van der Waals surface area contributed by atoms with Crippen LogP contribution < -0.4 is 10.1 Å². The van der Waals surface area contributed by atoms with E-state index in [2.05, 4.69) is 47.8 Å². The molecule has 1 aromatic carbocycles. The smallest absolute Gasteiger partial charge is 0.193 e. The first-order valence-electron chi connectivity index (χ1n) is 10.3. The van der Waals surface area contributed by atoms with Gasteiger partial charge in [0.05, 0.1) is 19.8 Å². The van der Waals surface area contributed by atoms with E-state index >= 15 is 0 Å². The molecule has 1 aliphatic heterocycles. The molecule has 0 aliphatic carbocycles. The van der Waals surface area contributed by atoms with Gasteiger partial charge in [0.25, 0.3) is 0 Å². The first-order valence-corrected chi connectivity index (χ1v) is 10.3. The van der Waals surface area contributed by atoms with Gasteiger partial charge in [0, 0.05) is 39.8 Å². The summed E-state index contributed by atoms with van der Waals surface area (Å²) in [7, 11) is 2.08. The van der Waals surface area contributed by atoms with Crippen LogP contribution in [0.1, 0.15) is 25.3 Å². The molecule has 0 aromatic heterocycles. The number of guanidine groups is 1. The summed E-state index contributed by atoms with van der Waals surface area (Å²) in [5.41, 5.74) is 1.15. The zero-order chi connectivity index (χ0) is 20.0. The molecule has 1 N–H and O–H groups in total. The minimum atomic E-state index is 0.634. The van der Waals surface area contributed by atoms with Gasteiger partial charge in [-0.1, -0.05) is 18.2 Å². The largest absolute Gasteiger partial charge is 0.492 e. The SMILES string of the molecule is C=CCCCN(C)C(=NCc1cccc(OCCN2CCOCC2)c1)NCC. The minimum Gasteiger partial charge on any atom is -0.492 e. The van der Waals surface area contributed by atoms with Gasteiger partial charge in [0.15, 0.2) is 5.96 Å². The van der Waals surface area contributed by atoms with Crippen LogP contribution in [0, 0.1) is 0 Å². The maximum absolute atomic E-state index is 5.95. The Hall–Kier alpha value is -2.05. The van der Waals surface area contributed by atoms with Gasteiger partial charge in [0.1, 0.15) is 12.4 Å². The number of nitrogens with one attached hydrogen (secondary N) is 1. The van der Waals surface area contributed by atoms with E-state index in [4.69, 9.17) is 14.5 Å². The zero-order valence-corrected chi connectivity index (χ0v) is 17.5. The van der Waals surface area contributed by atoms with Gasteiger partial charge < -0.3 is 19.7 Å². The number of unbranched alkanes of at least 4 members (excludes halogenated alkanes) is 1. The van der Waals surface area contributed by atoms with E-state index < -0.39 is 0 Å². The van der Waals surface area contributed by atoms with Crippen molar-refractivity contribution in [1.82, 2.24) is 15.1 Å². The third-order valence-electron chi connectivity index (χ3n) is 4.69. The van der Waals surface area contributed by atoms with Crippen LogP contribution in [-0.4, -0.2) is 75.4 Å². The number of aliphatic imine (C=N–C) groups is 1. The Kier molecular flexibility index (Phi) is 10.5. The standard InChI is InChI=1S/C22H36N4O2/c1-4-6-7-11-25(3)22(23-5-2)24-19-20-9-8-10-21(18-20)28-17-14-26-12-15-27-16-13-26/h4,8-10,18H,1,5-7,11-17,19H2,2-3H3,(H,23,24). The van der Waals surface area contributed by atoms with Crippen molar-refractivity contribution in [3.05, 3.63) is 42.5 Å². The summed E-state index contributed by atoms with van der Waals surface area (Å²) in [6, 6.07) is 8.23. The molecule has 1 saturated heterocycles. The van der Waals surface area contributed by atoms with Crippen LogP contribution in [0.15, 0.2) is 41.9 Å². The van der Waals surface area contributed by atoms with Gasteiger partial charge in [-0.15, -0.1) is 6.58 Å². The Labute approximate surface area is 170 Å². The van der Waals surface area contributed by atoms with Gasteiger partial charge >= 0.3 is 0 Å². The van der Waals surface area contributed by atoms with Crippen LogP contribution in [0.3, 0.4) is 0 Å². The fourth-order valence-corrected chi connectivity index (χ4v) is 3.07.